The molecule has 1 fully saturated rings. The highest BCUT2D eigenvalue weighted by Crippen LogP contribution is 2.24. The van der Waals surface area contributed by atoms with Crippen molar-refractivity contribution in [2.45, 2.75) is 25.4 Å². The predicted molar refractivity (Wildman–Crippen MR) is 61.0 cm³/mol. The van der Waals surface area contributed by atoms with Crippen LogP contribution in [0.2, 0.25) is 0 Å². The topological polar surface area (TPSA) is 106 Å². The monoisotopic (exact) mass is 254 g/mol. The predicted octanol–water partition coefficient (Wildman–Crippen LogP) is 1.08. The fraction of sp³-hybridized carbons (Fsp3) is 0.545. The lowest BCUT2D eigenvalue weighted by atomic mass is 10.1. The minimum Gasteiger partial charge on any atom is -0.395 e. The Morgan fingerprint density at radius 2 is 2.33 bits per heavy atom. The first-order valence-corrected chi connectivity index (χ1v) is 5.78. The second kappa shape index (κ2) is 5.18. The molecule has 7 nitrogen and oxygen atoms in total. The average molecular weight is 254 g/mol. The van der Waals surface area contributed by atoms with E-state index in [1.54, 1.807) is 0 Å². The number of nitrogens with zero attached hydrogens (tertiary/aromatic N) is 1. The van der Waals surface area contributed by atoms with Gasteiger partial charge in [-0.2, -0.15) is 0 Å². The Morgan fingerprint density at radius 3 is 2.89 bits per heavy atom. The van der Waals surface area contributed by atoms with Crippen LogP contribution in [-0.4, -0.2) is 28.6 Å². The number of nitro groups is 1. The van der Waals surface area contributed by atoms with Gasteiger partial charge >= 0.3 is 5.88 Å². The molecule has 1 amide bonds. The number of nitrogens with one attached hydrogen (secondary N) is 1. The zero-order chi connectivity index (χ0) is 13.1. The molecule has 98 valence electrons. The molecule has 2 rings (SSSR count). The van der Waals surface area contributed by atoms with E-state index in [-0.39, 0.29) is 17.8 Å². The fourth-order valence-corrected chi connectivity index (χ4v) is 2.11. The first-order chi connectivity index (χ1) is 8.58. The SMILES string of the molecule is O=C(NCC1CCCC1O)c1ccc([N+](=O)[O-])o1. The zero-order valence-corrected chi connectivity index (χ0v) is 9.67. The smallest absolute Gasteiger partial charge is 0.395 e. The van der Waals surface area contributed by atoms with E-state index in [9.17, 15) is 20.0 Å². The van der Waals surface area contributed by atoms with Gasteiger partial charge in [0.1, 0.15) is 4.92 Å². The van der Waals surface area contributed by atoms with E-state index < -0.39 is 16.7 Å². The van der Waals surface area contributed by atoms with Gasteiger partial charge in [-0.15, -0.1) is 0 Å². The van der Waals surface area contributed by atoms with Crippen molar-refractivity contribution in [1.82, 2.24) is 5.32 Å². The van der Waals surface area contributed by atoms with Gasteiger partial charge in [-0.1, -0.05) is 6.42 Å². The van der Waals surface area contributed by atoms with Crippen molar-refractivity contribution in [3.05, 3.63) is 28.0 Å². The van der Waals surface area contributed by atoms with Gasteiger partial charge in [0.05, 0.1) is 12.2 Å². The highest BCUT2D eigenvalue weighted by molar-refractivity contribution is 5.91. The number of amides is 1. The van der Waals surface area contributed by atoms with Gasteiger partial charge < -0.3 is 14.8 Å². The summed E-state index contributed by atoms with van der Waals surface area (Å²) in [5.74, 6) is -0.990. The zero-order valence-electron chi connectivity index (χ0n) is 9.67. The Bertz CT molecular complexity index is 456. The third-order valence-corrected chi connectivity index (χ3v) is 3.14. The van der Waals surface area contributed by atoms with Crippen LogP contribution in [0, 0.1) is 16.0 Å². The molecule has 1 aliphatic carbocycles. The minimum absolute atomic E-state index is 0.0545. The van der Waals surface area contributed by atoms with E-state index >= 15 is 0 Å². The maximum absolute atomic E-state index is 11.6. The van der Waals surface area contributed by atoms with Gasteiger partial charge in [0.2, 0.25) is 0 Å². The molecule has 18 heavy (non-hydrogen) atoms. The molecule has 0 aliphatic heterocycles. The molecular weight excluding hydrogens is 240 g/mol. The van der Waals surface area contributed by atoms with Crippen LogP contribution in [0.1, 0.15) is 29.8 Å². The van der Waals surface area contributed by atoms with Crippen LogP contribution >= 0.6 is 0 Å². The molecule has 1 aliphatic rings. The number of rotatable bonds is 4. The first kappa shape index (κ1) is 12.6. The largest absolute Gasteiger partial charge is 0.433 e. The van der Waals surface area contributed by atoms with E-state index in [4.69, 9.17) is 4.42 Å². The second-order valence-electron chi connectivity index (χ2n) is 4.36. The standard InChI is InChI=1S/C11H14N2O5/c14-8-3-1-2-7(8)6-12-11(15)9-4-5-10(18-9)13(16)17/h4-5,7-8,14H,1-3,6H2,(H,12,15). The number of aliphatic hydroxyl groups excluding tert-OH is 1. The summed E-state index contributed by atoms with van der Waals surface area (Å²) in [5, 5.41) is 22.6. The summed E-state index contributed by atoms with van der Waals surface area (Å²) in [4.78, 5) is 21.3. The quantitative estimate of drug-likeness (QED) is 0.617. The first-order valence-electron chi connectivity index (χ1n) is 5.78. The van der Waals surface area contributed by atoms with Crippen LogP contribution in [0.5, 0.6) is 0 Å². The van der Waals surface area contributed by atoms with Crippen molar-refractivity contribution in [1.29, 1.82) is 0 Å². The molecule has 1 heterocycles. The minimum atomic E-state index is -0.697. The third kappa shape index (κ3) is 2.67. The molecule has 1 aromatic rings. The third-order valence-electron chi connectivity index (χ3n) is 3.14. The summed E-state index contributed by atoms with van der Waals surface area (Å²) in [6.07, 6.45) is 2.21. The number of hydrogen-bond acceptors (Lipinski definition) is 5. The van der Waals surface area contributed by atoms with Crippen LogP contribution in [0.4, 0.5) is 5.88 Å². The summed E-state index contributed by atoms with van der Waals surface area (Å²) < 4.78 is 4.78. The number of aliphatic hydroxyl groups is 1. The van der Waals surface area contributed by atoms with Crippen molar-refractivity contribution < 1.29 is 19.2 Å². The van der Waals surface area contributed by atoms with E-state index in [1.165, 1.54) is 6.07 Å². The summed E-state index contributed by atoms with van der Waals surface area (Å²) in [7, 11) is 0. The lowest BCUT2D eigenvalue weighted by Crippen LogP contribution is -2.32. The second-order valence-corrected chi connectivity index (χ2v) is 4.36. The summed E-state index contributed by atoms with van der Waals surface area (Å²) >= 11 is 0. The van der Waals surface area contributed by atoms with Crippen LogP contribution in [0.25, 0.3) is 0 Å². The Morgan fingerprint density at radius 1 is 1.56 bits per heavy atom. The summed E-state index contributed by atoms with van der Waals surface area (Å²) in [6.45, 7) is 0.356. The Hall–Kier alpha value is -1.89. The molecule has 1 aromatic heterocycles. The number of carbonyl (C=O) groups excluding carboxylic acids is 1. The highest BCUT2D eigenvalue weighted by atomic mass is 16.6. The molecule has 0 saturated heterocycles. The average Bonchev–Trinajstić information content (AvgIpc) is 2.94. The van der Waals surface area contributed by atoms with Crippen LogP contribution in [-0.2, 0) is 0 Å². The summed E-state index contributed by atoms with van der Waals surface area (Å²) in [6, 6.07) is 2.40. The lowest BCUT2D eigenvalue weighted by Gasteiger charge is -2.14. The van der Waals surface area contributed by atoms with Crippen molar-refractivity contribution >= 4 is 11.8 Å². The van der Waals surface area contributed by atoms with Crippen LogP contribution < -0.4 is 5.32 Å². The normalized spacial score (nSPS) is 22.9. The number of hydrogen-bond donors (Lipinski definition) is 2. The van der Waals surface area contributed by atoms with Gasteiger partial charge in [-0.3, -0.25) is 14.9 Å². The molecule has 1 saturated carbocycles. The molecule has 2 unspecified atom stereocenters. The Kier molecular flexibility index (Phi) is 3.61. The van der Waals surface area contributed by atoms with Gasteiger partial charge in [0.25, 0.3) is 5.91 Å². The van der Waals surface area contributed by atoms with Gasteiger partial charge in [0.15, 0.2) is 5.76 Å². The van der Waals surface area contributed by atoms with E-state index in [0.717, 1.165) is 25.3 Å². The highest BCUT2D eigenvalue weighted by Gasteiger charge is 2.26. The Balaban J connectivity index is 1.89. The van der Waals surface area contributed by atoms with Crippen molar-refractivity contribution in [3.63, 3.8) is 0 Å². The van der Waals surface area contributed by atoms with E-state index in [2.05, 4.69) is 5.32 Å². The van der Waals surface area contributed by atoms with Gasteiger partial charge in [-0.05, 0) is 18.9 Å². The van der Waals surface area contributed by atoms with Gasteiger partial charge in [-0.25, -0.2) is 0 Å². The van der Waals surface area contributed by atoms with E-state index in [1.807, 2.05) is 0 Å². The molecule has 7 heteroatoms. The number of furan rings is 1. The molecular formula is C11H14N2O5. The van der Waals surface area contributed by atoms with Crippen molar-refractivity contribution in [2.75, 3.05) is 6.54 Å². The molecule has 0 spiro atoms. The van der Waals surface area contributed by atoms with Crippen LogP contribution in [0.15, 0.2) is 16.5 Å². The maximum atomic E-state index is 11.6. The Labute approximate surface area is 103 Å². The summed E-state index contributed by atoms with van der Waals surface area (Å²) in [5.41, 5.74) is 0. The molecule has 0 aromatic carbocycles. The van der Waals surface area contributed by atoms with Crippen LogP contribution in [0.3, 0.4) is 0 Å². The molecule has 0 bridgehead atoms. The molecule has 0 radical (unpaired) electrons. The lowest BCUT2D eigenvalue weighted by molar-refractivity contribution is -0.402. The molecule has 2 atom stereocenters. The molecule has 2 N–H and O–H groups in total. The van der Waals surface area contributed by atoms with E-state index in [0.29, 0.717) is 6.54 Å². The maximum Gasteiger partial charge on any atom is 0.433 e. The van der Waals surface area contributed by atoms with Gasteiger partial charge in [0, 0.05) is 12.5 Å². The van der Waals surface area contributed by atoms with Crippen molar-refractivity contribution in [3.8, 4) is 0 Å². The van der Waals surface area contributed by atoms with Crippen molar-refractivity contribution in [2.24, 2.45) is 5.92 Å². The fourth-order valence-electron chi connectivity index (χ4n) is 2.11. The number of carbonyl (C=O) groups is 1.